The maximum Gasteiger partial charge on any atom is 0.303 e. The van der Waals surface area contributed by atoms with Crippen molar-refractivity contribution in [1.82, 2.24) is 0 Å². The average Bonchev–Trinajstić information content (AvgIpc) is 2.80. The lowest BCUT2D eigenvalue weighted by Crippen LogP contribution is -2.52. The molecule has 38 heavy (non-hydrogen) atoms. The van der Waals surface area contributed by atoms with Gasteiger partial charge in [0.1, 0.15) is 23.2 Å². The molecule has 1 heterocycles. The van der Waals surface area contributed by atoms with Crippen molar-refractivity contribution in [2.75, 3.05) is 0 Å². The number of carbonyl (C=O) groups excluding carboxylic acids is 2. The average molecular weight is 527 g/mol. The van der Waals surface area contributed by atoms with Gasteiger partial charge in [-0.15, -0.1) is 6.58 Å². The molecule has 2 N–H and O–H groups in total. The van der Waals surface area contributed by atoms with Gasteiger partial charge < -0.3 is 14.9 Å². The van der Waals surface area contributed by atoms with Gasteiger partial charge in [-0.3, -0.25) is 14.4 Å². The first-order valence-corrected chi connectivity index (χ1v) is 14.1. The van der Waals surface area contributed by atoms with E-state index in [9.17, 15) is 24.6 Å². The standard InChI is InChI=1S/C32H46O6/c1-10-11-21(14-24(33)34)25-28-26(27(35)19(6)20(7)38-28)30(37)32(29(25)36,13-12-17(2)3)16-22-15-23(18(4)5)31(22,8)9/h19-23,36H,2,4,10-16H2,1,3,5-9H3,(H,33,34)/t19-,20-,21-,22+,23+,32+/m1/s1. The molecule has 6 heteroatoms. The van der Waals surface area contributed by atoms with Crippen LogP contribution in [0.5, 0.6) is 0 Å². The summed E-state index contributed by atoms with van der Waals surface area (Å²) in [4.78, 5) is 40.1. The van der Waals surface area contributed by atoms with Gasteiger partial charge in [-0.25, -0.2) is 0 Å². The van der Waals surface area contributed by atoms with Crippen molar-refractivity contribution in [2.45, 2.75) is 99.5 Å². The fourth-order valence-corrected chi connectivity index (χ4v) is 6.88. The third-order valence-electron chi connectivity index (χ3n) is 9.61. The van der Waals surface area contributed by atoms with Crippen LogP contribution in [-0.2, 0) is 19.1 Å². The van der Waals surface area contributed by atoms with Crippen LogP contribution in [0, 0.1) is 34.5 Å². The Labute approximate surface area is 227 Å². The Morgan fingerprint density at radius 3 is 2.32 bits per heavy atom. The summed E-state index contributed by atoms with van der Waals surface area (Å²) < 4.78 is 6.19. The summed E-state index contributed by atoms with van der Waals surface area (Å²) in [5, 5.41) is 21.9. The van der Waals surface area contributed by atoms with Crippen LogP contribution >= 0.6 is 0 Å². The summed E-state index contributed by atoms with van der Waals surface area (Å²) in [6.07, 6.45) is 2.50. The Hall–Kier alpha value is -2.63. The molecular weight excluding hydrogens is 480 g/mol. The molecule has 0 saturated heterocycles. The first kappa shape index (κ1) is 29.9. The van der Waals surface area contributed by atoms with Gasteiger partial charge in [-0.1, -0.05) is 51.8 Å². The molecule has 210 valence electrons. The normalized spacial score (nSPS) is 31.3. The lowest BCUT2D eigenvalue weighted by atomic mass is 9.48. The van der Waals surface area contributed by atoms with Crippen molar-refractivity contribution in [2.24, 2.45) is 34.5 Å². The van der Waals surface area contributed by atoms with E-state index in [1.807, 2.05) is 20.8 Å². The predicted octanol–water partition coefficient (Wildman–Crippen LogP) is 7.12. The Kier molecular flexibility index (Phi) is 8.55. The molecule has 1 fully saturated rings. The molecule has 3 rings (SSSR count). The Balaban J connectivity index is 2.27. The number of carbonyl (C=O) groups is 3. The van der Waals surface area contributed by atoms with Gasteiger partial charge in [0.25, 0.3) is 0 Å². The number of Topliss-reactive ketones (excluding diaryl/α,β-unsaturated/α-hetero) is 2. The van der Waals surface area contributed by atoms with Crippen LogP contribution in [0.4, 0.5) is 0 Å². The predicted molar refractivity (Wildman–Crippen MR) is 148 cm³/mol. The summed E-state index contributed by atoms with van der Waals surface area (Å²) in [7, 11) is 0. The van der Waals surface area contributed by atoms with Crippen LogP contribution in [0.15, 0.2) is 47.0 Å². The summed E-state index contributed by atoms with van der Waals surface area (Å²) in [6.45, 7) is 22.0. The van der Waals surface area contributed by atoms with Gasteiger partial charge >= 0.3 is 5.97 Å². The Bertz CT molecular complexity index is 1100. The smallest absolute Gasteiger partial charge is 0.303 e. The van der Waals surface area contributed by atoms with E-state index in [0.29, 0.717) is 43.6 Å². The van der Waals surface area contributed by atoms with E-state index >= 15 is 0 Å². The van der Waals surface area contributed by atoms with Crippen molar-refractivity contribution < 1.29 is 29.3 Å². The third-order valence-corrected chi connectivity index (χ3v) is 9.61. The number of rotatable bonds is 11. The Morgan fingerprint density at radius 2 is 1.82 bits per heavy atom. The topological polar surface area (TPSA) is 101 Å². The summed E-state index contributed by atoms with van der Waals surface area (Å²) in [5.41, 5.74) is 0.861. The molecule has 2 aliphatic carbocycles. The number of aliphatic hydroxyl groups excluding tert-OH is 1. The second-order valence-electron chi connectivity index (χ2n) is 12.8. The zero-order chi connectivity index (χ0) is 28.7. The number of ketones is 2. The van der Waals surface area contributed by atoms with Gasteiger partial charge in [0.15, 0.2) is 11.6 Å². The first-order chi connectivity index (χ1) is 17.6. The van der Waals surface area contributed by atoms with Crippen LogP contribution in [0.25, 0.3) is 0 Å². The van der Waals surface area contributed by atoms with Gasteiger partial charge in [-0.05, 0) is 70.1 Å². The molecule has 0 unspecified atom stereocenters. The molecule has 1 saturated carbocycles. The van der Waals surface area contributed by atoms with Gasteiger partial charge in [0.2, 0.25) is 0 Å². The quantitative estimate of drug-likeness (QED) is 0.220. The second kappa shape index (κ2) is 10.9. The largest absolute Gasteiger partial charge is 0.511 e. The number of aliphatic carboxylic acids is 1. The zero-order valence-corrected chi connectivity index (χ0v) is 24.3. The number of allylic oxidation sites excluding steroid dienone is 5. The summed E-state index contributed by atoms with van der Waals surface area (Å²) in [5.74, 6) is -2.35. The third kappa shape index (κ3) is 5.03. The summed E-state index contributed by atoms with van der Waals surface area (Å²) >= 11 is 0. The number of carboxylic acid groups (broad SMARTS) is 1. The monoisotopic (exact) mass is 526 g/mol. The highest BCUT2D eigenvalue weighted by Crippen LogP contribution is 2.61. The van der Waals surface area contributed by atoms with Crippen molar-refractivity contribution in [3.8, 4) is 0 Å². The van der Waals surface area contributed by atoms with Crippen LogP contribution < -0.4 is 0 Å². The number of carboxylic acids is 1. The van der Waals surface area contributed by atoms with Crippen molar-refractivity contribution >= 4 is 17.5 Å². The molecule has 1 aliphatic heterocycles. The van der Waals surface area contributed by atoms with Crippen molar-refractivity contribution in [3.63, 3.8) is 0 Å². The summed E-state index contributed by atoms with van der Waals surface area (Å²) in [6, 6.07) is 0. The van der Waals surface area contributed by atoms with E-state index in [-0.39, 0.29) is 46.4 Å². The molecular formula is C32H46O6. The minimum atomic E-state index is -1.33. The molecule has 0 aromatic heterocycles. The maximum absolute atomic E-state index is 14.5. The molecule has 0 bridgehead atoms. The number of aliphatic hydroxyl groups is 1. The lowest BCUT2D eigenvalue weighted by Gasteiger charge is -2.56. The highest BCUT2D eigenvalue weighted by atomic mass is 16.5. The second-order valence-corrected chi connectivity index (χ2v) is 12.8. The highest BCUT2D eigenvalue weighted by Gasteiger charge is 2.59. The van der Waals surface area contributed by atoms with Crippen LogP contribution in [0.2, 0.25) is 0 Å². The van der Waals surface area contributed by atoms with E-state index < -0.39 is 29.3 Å². The molecule has 0 amide bonds. The number of ether oxygens (including phenoxy) is 1. The van der Waals surface area contributed by atoms with Crippen LogP contribution in [0.3, 0.4) is 0 Å². The van der Waals surface area contributed by atoms with E-state index in [0.717, 1.165) is 17.6 Å². The van der Waals surface area contributed by atoms with Crippen molar-refractivity contribution in [3.05, 3.63) is 47.0 Å². The van der Waals surface area contributed by atoms with E-state index in [2.05, 4.69) is 27.0 Å². The molecule has 0 radical (unpaired) electrons. The van der Waals surface area contributed by atoms with Gasteiger partial charge in [-0.2, -0.15) is 0 Å². The number of hydrogen-bond donors (Lipinski definition) is 2. The highest BCUT2D eigenvalue weighted by molar-refractivity contribution is 6.25. The van der Waals surface area contributed by atoms with Gasteiger partial charge in [0.05, 0.1) is 17.8 Å². The molecule has 6 atom stereocenters. The van der Waals surface area contributed by atoms with E-state index in [4.69, 9.17) is 4.74 Å². The van der Waals surface area contributed by atoms with Crippen LogP contribution in [0.1, 0.15) is 93.4 Å². The minimum absolute atomic E-state index is 0.00480. The first-order valence-electron chi connectivity index (χ1n) is 14.1. The number of hydrogen-bond acceptors (Lipinski definition) is 5. The molecule has 0 spiro atoms. The molecule has 0 aromatic carbocycles. The fraction of sp³-hybridized carbons (Fsp3) is 0.656. The SMILES string of the molecule is C=C(C)CC[C@@]1(C[C@@H]2C[C@@H](C(=C)C)C2(C)C)C(=O)C2=C(O[C@H](C)[C@@H](C)C2=O)C([C@H](CCC)CC(=O)O)=C1O. The van der Waals surface area contributed by atoms with E-state index in [1.165, 1.54) is 0 Å². The minimum Gasteiger partial charge on any atom is -0.511 e. The molecule has 0 aromatic rings. The van der Waals surface area contributed by atoms with Crippen LogP contribution in [-0.4, -0.2) is 33.9 Å². The fourth-order valence-electron chi connectivity index (χ4n) is 6.88. The molecule has 6 nitrogen and oxygen atoms in total. The van der Waals surface area contributed by atoms with Gasteiger partial charge in [0, 0.05) is 11.5 Å². The van der Waals surface area contributed by atoms with E-state index in [1.54, 1.807) is 13.8 Å². The Morgan fingerprint density at radius 1 is 1.18 bits per heavy atom. The molecule has 3 aliphatic rings. The van der Waals surface area contributed by atoms with Crippen molar-refractivity contribution in [1.29, 1.82) is 0 Å². The lowest BCUT2D eigenvalue weighted by molar-refractivity contribution is -0.137. The zero-order valence-electron chi connectivity index (χ0n) is 24.3. The maximum atomic E-state index is 14.5.